The summed E-state index contributed by atoms with van der Waals surface area (Å²) >= 11 is 11.7. The number of carbonyl (C=O) groups is 1. The Morgan fingerprint density at radius 2 is 1.84 bits per heavy atom. The van der Waals surface area contributed by atoms with Gasteiger partial charge in [-0.15, -0.1) is 0 Å². The van der Waals surface area contributed by atoms with Crippen LogP contribution in [0.3, 0.4) is 0 Å². The zero-order valence-corrected chi connectivity index (χ0v) is 15.7. The molecule has 0 bridgehead atoms. The van der Waals surface area contributed by atoms with E-state index in [1.54, 1.807) is 13.0 Å². The van der Waals surface area contributed by atoms with Crippen LogP contribution in [0.4, 0.5) is 8.78 Å². The molecule has 0 unspecified atom stereocenters. The molecule has 3 nitrogen and oxygen atoms in total. The molecule has 1 aromatic rings. The fourth-order valence-corrected chi connectivity index (χ4v) is 3.52. The normalized spacial score (nSPS) is 21.6. The zero-order chi connectivity index (χ0) is 19.1. The van der Waals surface area contributed by atoms with E-state index in [9.17, 15) is 13.6 Å². The summed E-state index contributed by atoms with van der Waals surface area (Å²) in [6.07, 6.45) is 1.73. The largest absolute Gasteiger partial charge is 0.460 e. The Bertz CT molecular complexity index is 783. The molecule has 2 atom stereocenters. The second-order valence-electron chi connectivity index (χ2n) is 6.75. The fraction of sp³-hybridized carbons (Fsp3) is 0.444. The predicted molar refractivity (Wildman–Crippen MR) is 91.0 cm³/mol. The van der Waals surface area contributed by atoms with Crippen molar-refractivity contribution in [3.8, 4) is 6.07 Å². The van der Waals surface area contributed by atoms with E-state index in [4.69, 9.17) is 33.2 Å². The number of carbonyl (C=O) groups excluding carboxylic acids is 1. The van der Waals surface area contributed by atoms with Gasteiger partial charge in [-0.05, 0) is 25.2 Å². The Kier molecular flexibility index (Phi) is 5.46. The first-order valence-corrected chi connectivity index (χ1v) is 8.36. The molecule has 0 N–H and O–H groups in total. The second kappa shape index (κ2) is 6.93. The molecule has 0 aromatic heterocycles. The standard InChI is InChI=1S/C18H17Cl2F2NO2/c1-8(6-23)5-11-12(18(11,3)4)17(24)25-7-10-13(19)15(21)9(2)16(22)14(10)20/h5,11-12H,7H2,1-4H3/t11-,12+/m1/s1. The van der Waals surface area contributed by atoms with Crippen LogP contribution in [-0.4, -0.2) is 5.97 Å². The van der Waals surface area contributed by atoms with Crippen LogP contribution in [0.15, 0.2) is 11.6 Å². The van der Waals surface area contributed by atoms with Crippen molar-refractivity contribution in [3.05, 3.63) is 44.5 Å². The molecule has 0 spiro atoms. The molecule has 1 saturated carbocycles. The van der Waals surface area contributed by atoms with Gasteiger partial charge >= 0.3 is 5.97 Å². The number of hydrogen-bond acceptors (Lipinski definition) is 3. The Balaban J connectivity index is 2.16. The first kappa shape index (κ1) is 19.7. The summed E-state index contributed by atoms with van der Waals surface area (Å²) in [5.41, 5.74) is -0.226. The second-order valence-corrected chi connectivity index (χ2v) is 7.51. The first-order valence-electron chi connectivity index (χ1n) is 7.60. The summed E-state index contributed by atoms with van der Waals surface area (Å²) in [7, 11) is 0. The van der Waals surface area contributed by atoms with Crippen LogP contribution < -0.4 is 0 Å². The molecule has 1 aliphatic rings. The van der Waals surface area contributed by atoms with Gasteiger partial charge < -0.3 is 4.74 Å². The third-order valence-electron chi connectivity index (χ3n) is 4.70. The van der Waals surface area contributed by atoms with Gasteiger partial charge in [-0.1, -0.05) is 43.1 Å². The van der Waals surface area contributed by atoms with Crippen molar-refractivity contribution in [3.63, 3.8) is 0 Å². The van der Waals surface area contributed by atoms with Crippen molar-refractivity contribution in [1.29, 1.82) is 5.26 Å². The molecule has 134 valence electrons. The average Bonchev–Trinajstić information content (AvgIpc) is 3.10. The third kappa shape index (κ3) is 3.51. The molecule has 25 heavy (non-hydrogen) atoms. The lowest BCUT2D eigenvalue weighted by Gasteiger charge is -2.12. The van der Waals surface area contributed by atoms with Gasteiger partial charge in [0.2, 0.25) is 0 Å². The lowest BCUT2D eigenvalue weighted by molar-refractivity contribution is -0.147. The minimum atomic E-state index is -0.924. The highest BCUT2D eigenvalue weighted by Crippen LogP contribution is 2.59. The fourth-order valence-electron chi connectivity index (χ4n) is 2.89. The highest BCUT2D eigenvalue weighted by molar-refractivity contribution is 6.36. The van der Waals surface area contributed by atoms with Crippen LogP contribution in [0.5, 0.6) is 0 Å². The smallest absolute Gasteiger partial charge is 0.310 e. The van der Waals surface area contributed by atoms with Crippen LogP contribution in [0.1, 0.15) is 31.9 Å². The van der Waals surface area contributed by atoms with E-state index in [1.807, 2.05) is 19.9 Å². The Labute approximate surface area is 155 Å². The van der Waals surface area contributed by atoms with Gasteiger partial charge in [-0.3, -0.25) is 4.79 Å². The van der Waals surface area contributed by atoms with Crippen LogP contribution in [0.2, 0.25) is 10.0 Å². The predicted octanol–water partition coefficient (Wildman–Crippen LogP) is 5.37. The number of allylic oxidation sites excluding steroid dienone is 2. The van der Waals surface area contributed by atoms with Crippen molar-refractivity contribution >= 4 is 29.2 Å². The topological polar surface area (TPSA) is 50.1 Å². The van der Waals surface area contributed by atoms with Crippen molar-refractivity contribution in [2.45, 2.75) is 34.3 Å². The van der Waals surface area contributed by atoms with Crippen LogP contribution in [-0.2, 0) is 16.1 Å². The molecule has 0 aliphatic heterocycles. The lowest BCUT2D eigenvalue weighted by atomic mass is 10.1. The van der Waals surface area contributed by atoms with Gasteiger partial charge in [0.25, 0.3) is 0 Å². The van der Waals surface area contributed by atoms with Crippen molar-refractivity contribution < 1.29 is 18.3 Å². The van der Waals surface area contributed by atoms with Crippen molar-refractivity contribution in [2.75, 3.05) is 0 Å². The van der Waals surface area contributed by atoms with Gasteiger partial charge in [-0.2, -0.15) is 5.26 Å². The number of halogens is 4. The molecule has 1 aliphatic carbocycles. The number of hydrogen-bond donors (Lipinski definition) is 0. The summed E-state index contributed by atoms with van der Waals surface area (Å²) in [6.45, 7) is 6.23. The van der Waals surface area contributed by atoms with E-state index in [2.05, 4.69) is 0 Å². The van der Waals surface area contributed by atoms with Gasteiger partial charge in [0, 0.05) is 16.7 Å². The van der Waals surface area contributed by atoms with E-state index < -0.39 is 30.1 Å². The summed E-state index contributed by atoms with van der Waals surface area (Å²) in [6, 6.07) is 2.01. The maximum atomic E-state index is 13.9. The van der Waals surface area contributed by atoms with Crippen molar-refractivity contribution in [1.82, 2.24) is 0 Å². The van der Waals surface area contributed by atoms with Gasteiger partial charge in [0.1, 0.15) is 18.2 Å². The quantitative estimate of drug-likeness (QED) is 0.396. The van der Waals surface area contributed by atoms with E-state index in [-0.39, 0.29) is 32.5 Å². The molecule has 0 amide bonds. The summed E-state index contributed by atoms with van der Waals surface area (Å²) in [4.78, 5) is 12.3. The Morgan fingerprint density at radius 3 is 2.32 bits per heavy atom. The Hall–Kier alpha value is -1.64. The minimum absolute atomic E-state index is 0.101. The Morgan fingerprint density at radius 1 is 1.32 bits per heavy atom. The molecule has 7 heteroatoms. The lowest BCUT2D eigenvalue weighted by Crippen LogP contribution is -2.12. The number of ether oxygens (including phenoxy) is 1. The van der Waals surface area contributed by atoms with Gasteiger partial charge in [0.15, 0.2) is 0 Å². The maximum Gasteiger partial charge on any atom is 0.310 e. The summed E-state index contributed by atoms with van der Waals surface area (Å²) in [5, 5.41) is 8.14. The van der Waals surface area contributed by atoms with Gasteiger partial charge in [0.05, 0.1) is 22.0 Å². The van der Waals surface area contributed by atoms with Crippen molar-refractivity contribution in [2.24, 2.45) is 17.3 Å². The van der Waals surface area contributed by atoms with E-state index in [0.29, 0.717) is 5.57 Å². The van der Waals surface area contributed by atoms with Gasteiger partial charge in [-0.25, -0.2) is 8.78 Å². The maximum absolute atomic E-state index is 13.9. The monoisotopic (exact) mass is 387 g/mol. The number of esters is 1. The number of nitriles is 1. The molecule has 2 rings (SSSR count). The van der Waals surface area contributed by atoms with Crippen LogP contribution in [0.25, 0.3) is 0 Å². The highest BCUT2D eigenvalue weighted by atomic mass is 35.5. The molecule has 1 fully saturated rings. The molecule has 0 radical (unpaired) electrons. The molecular weight excluding hydrogens is 371 g/mol. The summed E-state index contributed by atoms with van der Waals surface area (Å²) in [5.74, 6) is -2.94. The highest BCUT2D eigenvalue weighted by Gasteiger charge is 2.61. The third-order valence-corrected chi connectivity index (χ3v) is 5.49. The summed E-state index contributed by atoms with van der Waals surface area (Å²) < 4.78 is 33.0. The molecule has 0 heterocycles. The van der Waals surface area contributed by atoms with E-state index in [1.165, 1.54) is 6.92 Å². The number of nitrogens with zero attached hydrogens (tertiary/aromatic N) is 1. The van der Waals surface area contributed by atoms with E-state index >= 15 is 0 Å². The van der Waals surface area contributed by atoms with Crippen LogP contribution in [0, 0.1) is 47.1 Å². The molecule has 1 aromatic carbocycles. The SMILES string of the molecule is CC(C#N)=C[C@@H]1[C@@H](C(=O)OCc2c(Cl)c(F)c(C)c(F)c2Cl)C1(C)C. The number of rotatable bonds is 4. The first-order chi connectivity index (χ1) is 11.5. The van der Waals surface area contributed by atoms with Crippen LogP contribution >= 0.6 is 23.2 Å². The zero-order valence-electron chi connectivity index (χ0n) is 14.2. The molecular formula is C18H17Cl2F2NO2. The average molecular weight is 388 g/mol. The van der Waals surface area contributed by atoms with E-state index in [0.717, 1.165) is 0 Å². The minimum Gasteiger partial charge on any atom is -0.460 e. The number of benzene rings is 1. The molecule has 0 saturated heterocycles.